The Morgan fingerprint density at radius 2 is 1.88 bits per heavy atom. The van der Waals surface area contributed by atoms with E-state index < -0.39 is 5.79 Å². The fourth-order valence-corrected chi connectivity index (χ4v) is 4.27. The van der Waals surface area contributed by atoms with Crippen LogP contribution in [-0.2, 0) is 26.6 Å². The standard InChI is InChI=1S/C22H19N7O3/c1-3-29-19(14-9-23-12(2)24-10-14)28-18-17(25-11-26-20(18)29)13-4-5-16-15(8-13)22(21(30)27-16)31-6-7-32-22/h4-5,8-11H,3,6-7H2,1-2H3,(H,27,30). The van der Waals surface area contributed by atoms with Crippen LogP contribution in [0.1, 0.15) is 18.3 Å². The molecule has 160 valence electrons. The van der Waals surface area contributed by atoms with Crippen molar-refractivity contribution in [3.8, 4) is 22.6 Å². The fraction of sp³-hybridized carbons (Fsp3) is 0.273. The van der Waals surface area contributed by atoms with E-state index >= 15 is 0 Å². The largest absolute Gasteiger partial charge is 0.336 e. The summed E-state index contributed by atoms with van der Waals surface area (Å²) in [5, 5.41) is 2.84. The van der Waals surface area contributed by atoms with E-state index in [1.54, 1.807) is 12.4 Å². The highest BCUT2D eigenvalue weighted by atomic mass is 16.7. The van der Waals surface area contributed by atoms with Crippen LogP contribution in [0, 0.1) is 6.92 Å². The summed E-state index contributed by atoms with van der Waals surface area (Å²) in [6.45, 7) is 5.26. The zero-order valence-electron chi connectivity index (χ0n) is 17.5. The lowest BCUT2D eigenvalue weighted by Crippen LogP contribution is -2.35. The van der Waals surface area contributed by atoms with Crippen LogP contribution < -0.4 is 5.32 Å². The number of aromatic nitrogens is 6. The highest BCUT2D eigenvalue weighted by molar-refractivity contribution is 6.05. The second-order valence-corrected chi connectivity index (χ2v) is 7.62. The number of carbonyl (C=O) groups is 1. The van der Waals surface area contributed by atoms with Gasteiger partial charge in [-0.3, -0.25) is 4.79 Å². The van der Waals surface area contributed by atoms with Crippen molar-refractivity contribution in [2.45, 2.75) is 26.2 Å². The minimum Gasteiger partial charge on any atom is -0.336 e. The molecular formula is C22H19N7O3. The van der Waals surface area contributed by atoms with Crippen LogP contribution in [0.3, 0.4) is 0 Å². The van der Waals surface area contributed by atoms with E-state index in [4.69, 9.17) is 14.5 Å². The minimum atomic E-state index is -1.40. The molecule has 0 atom stereocenters. The van der Waals surface area contributed by atoms with Gasteiger partial charge in [0.05, 0.1) is 24.5 Å². The van der Waals surface area contributed by atoms with Crippen LogP contribution in [0.25, 0.3) is 33.8 Å². The van der Waals surface area contributed by atoms with Gasteiger partial charge < -0.3 is 19.4 Å². The molecule has 3 aromatic heterocycles. The highest BCUT2D eigenvalue weighted by Crippen LogP contribution is 2.44. The molecule has 1 N–H and O–H groups in total. The molecule has 0 radical (unpaired) electrons. The first-order chi connectivity index (χ1) is 15.6. The summed E-state index contributed by atoms with van der Waals surface area (Å²) in [6.07, 6.45) is 5.04. The Balaban J connectivity index is 1.53. The summed E-state index contributed by atoms with van der Waals surface area (Å²) >= 11 is 0. The molecule has 1 aromatic carbocycles. The van der Waals surface area contributed by atoms with Crippen molar-refractivity contribution in [3.05, 3.63) is 48.3 Å². The second kappa shape index (κ2) is 6.87. The molecule has 1 spiro atoms. The summed E-state index contributed by atoms with van der Waals surface area (Å²) in [6, 6.07) is 5.61. The number of amides is 1. The number of nitrogens with one attached hydrogen (secondary N) is 1. The van der Waals surface area contributed by atoms with Gasteiger partial charge >= 0.3 is 0 Å². The molecule has 10 nitrogen and oxygen atoms in total. The van der Waals surface area contributed by atoms with E-state index in [0.29, 0.717) is 53.7 Å². The Morgan fingerprint density at radius 1 is 1.09 bits per heavy atom. The van der Waals surface area contributed by atoms with Crippen LogP contribution in [-0.4, -0.2) is 48.6 Å². The summed E-state index contributed by atoms with van der Waals surface area (Å²) < 4.78 is 13.5. The van der Waals surface area contributed by atoms with Crippen LogP contribution in [0.5, 0.6) is 0 Å². The van der Waals surface area contributed by atoms with Crippen molar-refractivity contribution in [2.24, 2.45) is 0 Å². The number of fused-ring (bicyclic) bond motifs is 3. The Morgan fingerprint density at radius 3 is 2.62 bits per heavy atom. The smallest absolute Gasteiger partial charge is 0.289 e. The average Bonchev–Trinajstić information content (AvgIpc) is 3.51. The number of hydrogen-bond acceptors (Lipinski definition) is 8. The lowest BCUT2D eigenvalue weighted by molar-refractivity contribution is -0.178. The Kier molecular flexibility index (Phi) is 4.07. The van der Waals surface area contributed by atoms with Gasteiger partial charge in [-0.25, -0.2) is 24.9 Å². The van der Waals surface area contributed by atoms with Crippen LogP contribution >= 0.6 is 0 Å². The fourth-order valence-electron chi connectivity index (χ4n) is 4.27. The van der Waals surface area contributed by atoms with Crippen molar-refractivity contribution in [1.82, 2.24) is 29.5 Å². The molecule has 1 fully saturated rings. The first-order valence-corrected chi connectivity index (χ1v) is 10.4. The van der Waals surface area contributed by atoms with Crippen LogP contribution in [0.4, 0.5) is 5.69 Å². The maximum atomic E-state index is 12.6. The van der Waals surface area contributed by atoms with Gasteiger partial charge in [-0.05, 0) is 26.0 Å². The number of aryl methyl sites for hydroxylation is 2. The molecule has 4 aromatic rings. The zero-order chi connectivity index (χ0) is 21.9. The van der Waals surface area contributed by atoms with Crippen LogP contribution in [0.2, 0.25) is 0 Å². The molecule has 10 heteroatoms. The monoisotopic (exact) mass is 429 g/mol. The molecule has 0 aliphatic carbocycles. The van der Waals surface area contributed by atoms with E-state index in [2.05, 4.69) is 25.3 Å². The quantitative estimate of drug-likeness (QED) is 0.528. The Bertz CT molecular complexity index is 1370. The van der Waals surface area contributed by atoms with Crippen molar-refractivity contribution in [2.75, 3.05) is 18.5 Å². The molecule has 0 saturated carbocycles. The number of ether oxygens (including phenoxy) is 2. The maximum Gasteiger partial charge on any atom is 0.289 e. The van der Waals surface area contributed by atoms with Gasteiger partial charge in [-0.15, -0.1) is 0 Å². The van der Waals surface area contributed by atoms with Crippen molar-refractivity contribution in [1.29, 1.82) is 0 Å². The number of nitrogens with zero attached hydrogens (tertiary/aromatic N) is 6. The normalized spacial score (nSPS) is 16.6. The number of rotatable bonds is 3. The molecule has 2 aliphatic rings. The van der Waals surface area contributed by atoms with Gasteiger partial charge in [0, 0.05) is 30.1 Å². The predicted octanol–water partition coefficient (Wildman–Crippen LogP) is 2.43. The van der Waals surface area contributed by atoms with Crippen LogP contribution in [0.15, 0.2) is 36.9 Å². The molecular weight excluding hydrogens is 410 g/mol. The van der Waals surface area contributed by atoms with E-state index in [0.717, 1.165) is 17.0 Å². The van der Waals surface area contributed by atoms with E-state index in [-0.39, 0.29) is 5.91 Å². The molecule has 1 amide bonds. The summed E-state index contributed by atoms with van der Waals surface area (Å²) in [5.41, 5.74) is 4.94. The first-order valence-electron chi connectivity index (χ1n) is 10.4. The van der Waals surface area contributed by atoms with Gasteiger partial charge in [-0.1, -0.05) is 6.07 Å². The highest BCUT2D eigenvalue weighted by Gasteiger charge is 2.52. The van der Waals surface area contributed by atoms with Crippen molar-refractivity contribution in [3.63, 3.8) is 0 Å². The molecule has 6 rings (SSSR count). The summed E-state index contributed by atoms with van der Waals surface area (Å²) in [5.74, 6) is -0.293. The molecule has 0 unspecified atom stereocenters. The van der Waals surface area contributed by atoms with E-state index in [1.807, 2.05) is 36.6 Å². The van der Waals surface area contributed by atoms with Gasteiger partial charge in [0.2, 0.25) is 0 Å². The van der Waals surface area contributed by atoms with Crippen molar-refractivity contribution >= 4 is 22.8 Å². The molecule has 32 heavy (non-hydrogen) atoms. The van der Waals surface area contributed by atoms with E-state index in [1.165, 1.54) is 6.33 Å². The first kappa shape index (κ1) is 19.0. The third-order valence-electron chi connectivity index (χ3n) is 5.78. The second-order valence-electron chi connectivity index (χ2n) is 7.62. The number of imidazole rings is 1. The number of anilines is 1. The summed E-state index contributed by atoms with van der Waals surface area (Å²) in [7, 11) is 0. The number of hydrogen-bond donors (Lipinski definition) is 1. The lowest BCUT2D eigenvalue weighted by atomic mass is 10.0. The zero-order valence-corrected chi connectivity index (χ0v) is 17.5. The summed E-state index contributed by atoms with van der Waals surface area (Å²) in [4.78, 5) is 35.1. The minimum absolute atomic E-state index is 0.313. The molecule has 5 heterocycles. The maximum absolute atomic E-state index is 12.6. The molecule has 1 saturated heterocycles. The van der Waals surface area contributed by atoms with Gasteiger partial charge in [0.15, 0.2) is 5.65 Å². The molecule has 2 aliphatic heterocycles. The third kappa shape index (κ3) is 2.60. The Labute approximate surface area is 182 Å². The number of carbonyl (C=O) groups excluding carboxylic acids is 1. The lowest BCUT2D eigenvalue weighted by Gasteiger charge is -2.19. The van der Waals surface area contributed by atoms with Gasteiger partial charge in [-0.2, -0.15) is 0 Å². The SMILES string of the molecule is CCn1c(-c2cnc(C)nc2)nc2c(-c3ccc4c(c3)C3(OCCO3)C(=O)N4)ncnc21. The number of benzene rings is 1. The molecule has 0 bridgehead atoms. The topological polar surface area (TPSA) is 117 Å². The van der Waals surface area contributed by atoms with Gasteiger partial charge in [0.1, 0.15) is 29.2 Å². The van der Waals surface area contributed by atoms with E-state index in [9.17, 15) is 4.79 Å². The third-order valence-corrected chi connectivity index (χ3v) is 5.78. The average molecular weight is 429 g/mol. The van der Waals surface area contributed by atoms with Gasteiger partial charge in [0.25, 0.3) is 11.7 Å². The predicted molar refractivity (Wildman–Crippen MR) is 114 cm³/mol. The van der Waals surface area contributed by atoms with Crippen molar-refractivity contribution < 1.29 is 14.3 Å². The Hall–Kier alpha value is -3.76.